The van der Waals surface area contributed by atoms with Gasteiger partial charge in [0.1, 0.15) is 18.1 Å². The lowest BCUT2D eigenvalue weighted by atomic mass is 10.1. The zero-order valence-corrected chi connectivity index (χ0v) is 11.6. The summed E-state index contributed by atoms with van der Waals surface area (Å²) in [5.41, 5.74) is 1.20. The Bertz CT molecular complexity index is 831. The Balaban J connectivity index is 1.90. The monoisotopic (exact) mass is 295 g/mol. The third-order valence-corrected chi connectivity index (χ3v) is 3.23. The fourth-order valence-electron chi connectivity index (χ4n) is 2.13. The standard InChI is InChI=1S/C17H13NO4/c19-16-9-15(17(20)21)18-14-8-12(6-7-13(14)16)22-10-11-4-2-1-3-5-11/h1-9H,10H2,(H,18,19)(H,20,21). The van der Waals surface area contributed by atoms with E-state index in [1.165, 1.54) is 0 Å². The maximum absolute atomic E-state index is 11.0. The van der Waals surface area contributed by atoms with E-state index < -0.39 is 5.97 Å². The maximum Gasteiger partial charge on any atom is 0.354 e. The van der Waals surface area contributed by atoms with E-state index >= 15 is 0 Å². The molecule has 5 heteroatoms. The van der Waals surface area contributed by atoms with Crippen LogP contribution in [0.5, 0.6) is 11.5 Å². The second-order valence-corrected chi connectivity index (χ2v) is 4.79. The first-order valence-corrected chi connectivity index (χ1v) is 6.67. The number of nitrogens with zero attached hydrogens (tertiary/aromatic N) is 1. The number of fused-ring (bicyclic) bond motifs is 1. The van der Waals surface area contributed by atoms with Crippen molar-refractivity contribution in [2.24, 2.45) is 0 Å². The van der Waals surface area contributed by atoms with Gasteiger partial charge in [0.15, 0.2) is 5.69 Å². The van der Waals surface area contributed by atoms with Crippen molar-refractivity contribution in [3.63, 3.8) is 0 Å². The SMILES string of the molecule is O=C(O)c1cc(O)c2ccc(OCc3ccccc3)cc2n1. The molecule has 0 saturated carbocycles. The number of carbonyl (C=O) groups is 1. The van der Waals surface area contributed by atoms with Gasteiger partial charge in [-0.1, -0.05) is 30.3 Å². The molecule has 0 fully saturated rings. The van der Waals surface area contributed by atoms with Crippen LogP contribution in [0.1, 0.15) is 16.1 Å². The van der Waals surface area contributed by atoms with E-state index in [2.05, 4.69) is 4.98 Å². The van der Waals surface area contributed by atoms with Crippen LogP contribution in [0.4, 0.5) is 0 Å². The molecule has 1 aromatic heterocycles. The van der Waals surface area contributed by atoms with Crippen molar-refractivity contribution in [1.29, 1.82) is 0 Å². The molecule has 3 rings (SSSR count). The van der Waals surface area contributed by atoms with Crippen molar-refractivity contribution < 1.29 is 19.7 Å². The molecule has 0 aliphatic heterocycles. The maximum atomic E-state index is 11.0. The predicted molar refractivity (Wildman–Crippen MR) is 81.1 cm³/mol. The number of benzene rings is 2. The summed E-state index contributed by atoms with van der Waals surface area (Å²) < 4.78 is 5.67. The molecule has 2 aromatic carbocycles. The predicted octanol–water partition coefficient (Wildman–Crippen LogP) is 3.22. The van der Waals surface area contributed by atoms with Gasteiger partial charge in [0.2, 0.25) is 0 Å². The van der Waals surface area contributed by atoms with Gasteiger partial charge in [-0.05, 0) is 17.7 Å². The molecule has 0 bridgehead atoms. The van der Waals surface area contributed by atoms with E-state index in [1.807, 2.05) is 30.3 Å². The lowest BCUT2D eigenvalue weighted by Crippen LogP contribution is -2.00. The van der Waals surface area contributed by atoms with Crippen LogP contribution in [-0.2, 0) is 6.61 Å². The highest BCUT2D eigenvalue weighted by molar-refractivity contribution is 5.93. The molecule has 0 radical (unpaired) electrons. The van der Waals surface area contributed by atoms with E-state index in [9.17, 15) is 9.90 Å². The summed E-state index contributed by atoms with van der Waals surface area (Å²) in [5.74, 6) is -0.740. The van der Waals surface area contributed by atoms with Gasteiger partial charge in [-0.2, -0.15) is 0 Å². The van der Waals surface area contributed by atoms with Gasteiger partial charge in [-0.15, -0.1) is 0 Å². The molecule has 0 saturated heterocycles. The van der Waals surface area contributed by atoms with Gasteiger partial charge in [0.05, 0.1) is 5.52 Å². The van der Waals surface area contributed by atoms with Gasteiger partial charge in [-0.25, -0.2) is 9.78 Å². The average molecular weight is 295 g/mol. The highest BCUT2D eigenvalue weighted by atomic mass is 16.5. The number of carboxylic acids is 1. The normalized spacial score (nSPS) is 10.5. The lowest BCUT2D eigenvalue weighted by molar-refractivity contribution is 0.0690. The van der Waals surface area contributed by atoms with Gasteiger partial charge in [-0.3, -0.25) is 0 Å². The minimum atomic E-state index is -1.19. The van der Waals surface area contributed by atoms with E-state index in [-0.39, 0.29) is 11.4 Å². The Hall–Kier alpha value is -3.08. The van der Waals surface area contributed by atoms with Crippen molar-refractivity contribution >= 4 is 16.9 Å². The first kappa shape index (κ1) is 13.9. The zero-order chi connectivity index (χ0) is 15.5. The topological polar surface area (TPSA) is 79.7 Å². The van der Waals surface area contributed by atoms with Crippen molar-refractivity contribution in [2.75, 3.05) is 0 Å². The molecule has 3 aromatic rings. The Morgan fingerprint density at radius 1 is 1.09 bits per heavy atom. The number of aromatic hydroxyl groups is 1. The Morgan fingerprint density at radius 2 is 1.86 bits per heavy atom. The smallest absolute Gasteiger partial charge is 0.354 e. The molecule has 0 aliphatic rings. The van der Waals surface area contributed by atoms with Crippen LogP contribution in [0.15, 0.2) is 54.6 Å². The summed E-state index contributed by atoms with van der Waals surface area (Å²) in [6.45, 7) is 0.400. The highest BCUT2D eigenvalue weighted by Gasteiger charge is 2.11. The summed E-state index contributed by atoms with van der Waals surface area (Å²) in [5, 5.41) is 19.3. The largest absolute Gasteiger partial charge is 0.507 e. The first-order chi connectivity index (χ1) is 10.6. The number of ether oxygens (including phenoxy) is 1. The molecule has 110 valence electrons. The molecule has 0 unspecified atom stereocenters. The molecular weight excluding hydrogens is 282 g/mol. The minimum absolute atomic E-state index is 0.114. The molecule has 0 atom stereocenters. The average Bonchev–Trinajstić information content (AvgIpc) is 2.53. The Labute approximate surface area is 126 Å². The lowest BCUT2D eigenvalue weighted by Gasteiger charge is -2.08. The van der Waals surface area contributed by atoms with Crippen LogP contribution < -0.4 is 4.74 Å². The van der Waals surface area contributed by atoms with Crippen LogP contribution in [0, 0.1) is 0 Å². The van der Waals surface area contributed by atoms with Gasteiger partial charge in [0.25, 0.3) is 0 Å². The van der Waals surface area contributed by atoms with Gasteiger partial charge < -0.3 is 14.9 Å². The van der Waals surface area contributed by atoms with Crippen molar-refractivity contribution in [2.45, 2.75) is 6.61 Å². The number of rotatable bonds is 4. The molecule has 0 spiro atoms. The highest BCUT2D eigenvalue weighted by Crippen LogP contribution is 2.27. The van der Waals surface area contributed by atoms with Crippen molar-refractivity contribution in [1.82, 2.24) is 4.98 Å². The second-order valence-electron chi connectivity index (χ2n) is 4.79. The molecule has 0 amide bonds. The Kier molecular flexibility index (Phi) is 3.62. The van der Waals surface area contributed by atoms with Crippen molar-refractivity contribution in [3.05, 3.63) is 65.9 Å². The fraction of sp³-hybridized carbons (Fsp3) is 0.0588. The zero-order valence-electron chi connectivity index (χ0n) is 11.6. The molecule has 5 nitrogen and oxygen atoms in total. The van der Waals surface area contributed by atoms with Crippen LogP contribution in [0.2, 0.25) is 0 Å². The summed E-state index contributed by atoms with van der Waals surface area (Å²) in [7, 11) is 0. The number of pyridine rings is 1. The second kappa shape index (κ2) is 5.73. The number of hydrogen-bond acceptors (Lipinski definition) is 4. The van der Waals surface area contributed by atoms with Gasteiger partial charge >= 0.3 is 5.97 Å². The fourth-order valence-corrected chi connectivity index (χ4v) is 2.13. The number of aromatic nitrogens is 1. The molecule has 0 aliphatic carbocycles. The van der Waals surface area contributed by atoms with E-state index in [0.29, 0.717) is 23.3 Å². The number of hydrogen-bond donors (Lipinski definition) is 2. The summed E-state index contributed by atoms with van der Waals surface area (Å²) in [6.07, 6.45) is 0. The summed E-state index contributed by atoms with van der Waals surface area (Å²) in [6, 6.07) is 15.8. The van der Waals surface area contributed by atoms with Crippen LogP contribution in [0.3, 0.4) is 0 Å². The summed E-state index contributed by atoms with van der Waals surface area (Å²) >= 11 is 0. The van der Waals surface area contributed by atoms with E-state index in [1.54, 1.807) is 18.2 Å². The third-order valence-electron chi connectivity index (χ3n) is 3.23. The van der Waals surface area contributed by atoms with Crippen LogP contribution >= 0.6 is 0 Å². The van der Waals surface area contributed by atoms with Crippen molar-refractivity contribution in [3.8, 4) is 11.5 Å². The van der Waals surface area contributed by atoms with E-state index in [0.717, 1.165) is 11.6 Å². The number of aromatic carboxylic acids is 1. The molecule has 2 N–H and O–H groups in total. The minimum Gasteiger partial charge on any atom is -0.507 e. The van der Waals surface area contributed by atoms with E-state index in [4.69, 9.17) is 9.84 Å². The molecular formula is C17H13NO4. The molecule has 22 heavy (non-hydrogen) atoms. The first-order valence-electron chi connectivity index (χ1n) is 6.67. The third kappa shape index (κ3) is 2.83. The Morgan fingerprint density at radius 3 is 2.59 bits per heavy atom. The van der Waals surface area contributed by atoms with Crippen LogP contribution in [0.25, 0.3) is 10.9 Å². The molecule has 1 heterocycles. The van der Waals surface area contributed by atoms with Crippen LogP contribution in [-0.4, -0.2) is 21.2 Å². The summed E-state index contributed by atoms with van der Waals surface area (Å²) in [4.78, 5) is 15.0. The quantitative estimate of drug-likeness (QED) is 0.772. The number of carboxylic acid groups (broad SMARTS) is 1. The van der Waals surface area contributed by atoms with Gasteiger partial charge in [0, 0.05) is 17.5 Å².